The summed E-state index contributed by atoms with van der Waals surface area (Å²) in [6, 6.07) is 14.0. The predicted octanol–water partition coefficient (Wildman–Crippen LogP) is 4.67. The number of hydrogen-bond acceptors (Lipinski definition) is 4. The molecule has 0 aliphatic carbocycles. The maximum absolute atomic E-state index is 12.7. The van der Waals surface area contributed by atoms with Crippen molar-refractivity contribution < 1.29 is 19.1 Å². The van der Waals surface area contributed by atoms with Gasteiger partial charge in [0.25, 0.3) is 0 Å². The highest BCUT2D eigenvalue weighted by Crippen LogP contribution is 2.31. The summed E-state index contributed by atoms with van der Waals surface area (Å²) in [6.07, 6.45) is 0. The highest BCUT2D eigenvalue weighted by atomic mass is 35.5. The van der Waals surface area contributed by atoms with Gasteiger partial charge < -0.3 is 14.3 Å². The first kappa shape index (κ1) is 20.5. The average molecular weight is 375 g/mol. The van der Waals surface area contributed by atoms with Gasteiger partial charge in [0, 0.05) is 10.6 Å². The number of rotatable bonds is 6. The predicted molar refractivity (Wildman–Crippen MR) is 105 cm³/mol. The van der Waals surface area contributed by atoms with Crippen LogP contribution in [0.2, 0.25) is 5.02 Å². The standard InChI is InChI=1S/C20H24BClO4/c1-19(2,3)16-8-6-7-9-17(16)25-21(24)26-20(4,5)18(23)14-10-12-15(22)13-11-14/h6-13,24H,1-5H3. The maximum atomic E-state index is 12.7. The molecule has 1 N–H and O–H groups in total. The number of benzene rings is 2. The van der Waals surface area contributed by atoms with E-state index in [0.717, 1.165) is 5.56 Å². The smallest absolute Gasteiger partial charge is 0.512 e. The molecule has 0 heterocycles. The van der Waals surface area contributed by atoms with Crippen molar-refractivity contribution in [1.82, 2.24) is 0 Å². The quantitative estimate of drug-likeness (QED) is 0.589. The Bertz CT molecular complexity index is 766. The van der Waals surface area contributed by atoms with Crippen molar-refractivity contribution >= 4 is 24.7 Å². The van der Waals surface area contributed by atoms with E-state index in [4.69, 9.17) is 20.9 Å². The van der Waals surface area contributed by atoms with E-state index in [9.17, 15) is 9.82 Å². The molecule has 138 valence electrons. The lowest BCUT2D eigenvalue weighted by Crippen LogP contribution is -2.43. The summed E-state index contributed by atoms with van der Waals surface area (Å²) >= 11 is 5.85. The SMILES string of the molecule is CC(C)(OB(O)Oc1ccccc1C(C)(C)C)C(=O)c1ccc(Cl)cc1. The van der Waals surface area contributed by atoms with Gasteiger partial charge in [-0.1, -0.05) is 50.6 Å². The second kappa shape index (κ2) is 7.83. The van der Waals surface area contributed by atoms with Gasteiger partial charge in [-0.2, -0.15) is 0 Å². The summed E-state index contributed by atoms with van der Waals surface area (Å²) in [6.45, 7) is 9.33. The minimum Gasteiger partial charge on any atom is -0.512 e. The summed E-state index contributed by atoms with van der Waals surface area (Å²) in [4.78, 5) is 12.7. The largest absolute Gasteiger partial charge is 0.711 e. The van der Waals surface area contributed by atoms with Crippen LogP contribution < -0.4 is 4.65 Å². The zero-order valence-electron chi connectivity index (χ0n) is 15.7. The van der Waals surface area contributed by atoms with Crippen LogP contribution in [0.5, 0.6) is 5.75 Å². The molecule has 0 saturated carbocycles. The van der Waals surface area contributed by atoms with Crippen LogP contribution >= 0.6 is 11.6 Å². The molecule has 2 aromatic carbocycles. The van der Waals surface area contributed by atoms with Gasteiger partial charge in [0.2, 0.25) is 0 Å². The van der Waals surface area contributed by atoms with Gasteiger partial charge in [-0.25, -0.2) is 0 Å². The van der Waals surface area contributed by atoms with E-state index in [0.29, 0.717) is 16.3 Å². The van der Waals surface area contributed by atoms with Crippen LogP contribution in [0.25, 0.3) is 0 Å². The Kier molecular flexibility index (Phi) is 6.17. The third-order valence-corrected chi connectivity index (χ3v) is 4.22. The molecule has 0 atom stereocenters. The highest BCUT2D eigenvalue weighted by molar-refractivity contribution is 6.36. The average Bonchev–Trinajstić information content (AvgIpc) is 2.53. The highest BCUT2D eigenvalue weighted by Gasteiger charge is 2.37. The minimum atomic E-state index is -1.58. The lowest BCUT2D eigenvalue weighted by Gasteiger charge is -2.27. The molecule has 0 fully saturated rings. The first-order chi connectivity index (χ1) is 12.0. The molecular formula is C20H24BClO4. The van der Waals surface area contributed by atoms with Gasteiger partial charge in [-0.05, 0) is 55.2 Å². The van der Waals surface area contributed by atoms with E-state index in [1.807, 2.05) is 18.2 Å². The minimum absolute atomic E-state index is 0.162. The Labute approximate surface area is 160 Å². The van der Waals surface area contributed by atoms with Crippen LogP contribution in [-0.4, -0.2) is 23.7 Å². The number of carbonyl (C=O) groups is 1. The number of ketones is 1. The van der Waals surface area contributed by atoms with Crippen molar-refractivity contribution in [1.29, 1.82) is 0 Å². The van der Waals surface area contributed by atoms with E-state index in [1.54, 1.807) is 44.2 Å². The van der Waals surface area contributed by atoms with Crippen molar-refractivity contribution in [2.24, 2.45) is 0 Å². The Balaban J connectivity index is 2.13. The number of halogens is 1. The number of Topliss-reactive ketones (excluding diaryl/α,β-unsaturated/α-hetero) is 1. The molecule has 0 aromatic heterocycles. The molecule has 2 aromatic rings. The Hall–Kier alpha value is -1.82. The van der Waals surface area contributed by atoms with Crippen LogP contribution in [0.4, 0.5) is 0 Å². The lowest BCUT2D eigenvalue weighted by molar-refractivity contribution is 0.0392. The molecule has 0 radical (unpaired) electrons. The molecule has 0 aliphatic rings. The molecule has 6 heteroatoms. The summed E-state index contributed by atoms with van der Waals surface area (Å²) in [5.74, 6) is 0.239. The van der Waals surface area contributed by atoms with Crippen molar-refractivity contribution in [2.75, 3.05) is 0 Å². The number of carbonyl (C=O) groups excluding carboxylic acids is 1. The molecule has 26 heavy (non-hydrogen) atoms. The third kappa shape index (κ3) is 5.10. The molecule has 0 bridgehead atoms. The van der Waals surface area contributed by atoms with Crippen LogP contribution in [0.15, 0.2) is 48.5 Å². The van der Waals surface area contributed by atoms with Gasteiger partial charge in [-0.15, -0.1) is 0 Å². The second-order valence-electron chi connectivity index (χ2n) is 7.64. The van der Waals surface area contributed by atoms with Crippen molar-refractivity contribution in [2.45, 2.75) is 45.6 Å². The Morgan fingerprint density at radius 3 is 2.15 bits per heavy atom. The summed E-state index contributed by atoms with van der Waals surface area (Å²) in [7, 11) is -1.58. The second-order valence-corrected chi connectivity index (χ2v) is 8.07. The summed E-state index contributed by atoms with van der Waals surface area (Å²) in [5, 5.41) is 10.8. The van der Waals surface area contributed by atoms with Crippen LogP contribution in [-0.2, 0) is 10.1 Å². The summed E-state index contributed by atoms with van der Waals surface area (Å²) in [5.41, 5.74) is -0.0549. The first-order valence-electron chi connectivity index (χ1n) is 8.43. The maximum Gasteiger partial charge on any atom is 0.711 e. The Morgan fingerprint density at radius 2 is 1.58 bits per heavy atom. The molecule has 0 saturated heterocycles. The fourth-order valence-electron chi connectivity index (χ4n) is 2.58. The lowest BCUT2D eigenvalue weighted by atomic mass is 9.86. The third-order valence-electron chi connectivity index (χ3n) is 3.97. The van der Waals surface area contributed by atoms with E-state index in [2.05, 4.69) is 20.8 Å². The van der Waals surface area contributed by atoms with E-state index in [1.165, 1.54) is 0 Å². The van der Waals surface area contributed by atoms with Gasteiger partial charge in [0.1, 0.15) is 11.4 Å². The van der Waals surface area contributed by atoms with E-state index < -0.39 is 12.9 Å². The molecule has 0 aliphatic heterocycles. The van der Waals surface area contributed by atoms with E-state index in [-0.39, 0.29) is 11.2 Å². The monoisotopic (exact) mass is 374 g/mol. The van der Waals surface area contributed by atoms with E-state index >= 15 is 0 Å². The van der Waals surface area contributed by atoms with Crippen LogP contribution in [0, 0.1) is 0 Å². The van der Waals surface area contributed by atoms with Crippen LogP contribution in [0.1, 0.15) is 50.5 Å². The zero-order chi connectivity index (χ0) is 19.5. The molecular weight excluding hydrogens is 350 g/mol. The van der Waals surface area contributed by atoms with Gasteiger partial charge in [0.15, 0.2) is 5.78 Å². The van der Waals surface area contributed by atoms with Gasteiger partial charge in [0.05, 0.1) is 0 Å². The van der Waals surface area contributed by atoms with Crippen molar-refractivity contribution in [3.8, 4) is 5.75 Å². The van der Waals surface area contributed by atoms with Crippen molar-refractivity contribution in [3.05, 3.63) is 64.7 Å². The fraction of sp³-hybridized carbons (Fsp3) is 0.350. The Morgan fingerprint density at radius 1 is 1.00 bits per heavy atom. The molecule has 0 amide bonds. The topological polar surface area (TPSA) is 55.8 Å². The van der Waals surface area contributed by atoms with Gasteiger partial charge in [-0.3, -0.25) is 4.79 Å². The fourth-order valence-corrected chi connectivity index (χ4v) is 2.70. The number of hydrogen-bond donors (Lipinski definition) is 1. The summed E-state index contributed by atoms with van der Waals surface area (Å²) < 4.78 is 11.1. The normalized spacial score (nSPS) is 12.0. The van der Waals surface area contributed by atoms with Gasteiger partial charge >= 0.3 is 7.32 Å². The molecule has 2 rings (SSSR count). The molecule has 4 nitrogen and oxygen atoms in total. The molecule has 0 unspecified atom stereocenters. The van der Waals surface area contributed by atoms with Crippen LogP contribution in [0.3, 0.4) is 0 Å². The van der Waals surface area contributed by atoms with Crippen molar-refractivity contribution in [3.63, 3.8) is 0 Å². The molecule has 0 spiro atoms. The number of para-hydroxylation sites is 1. The zero-order valence-corrected chi connectivity index (χ0v) is 16.5. The first-order valence-corrected chi connectivity index (χ1v) is 8.81.